The Morgan fingerprint density at radius 2 is 1.81 bits per heavy atom. The highest BCUT2D eigenvalue weighted by Gasteiger charge is 2.21. The van der Waals surface area contributed by atoms with Crippen LogP contribution in [0.15, 0.2) is 60.9 Å². The number of likely N-dealkylation sites (tertiary alicyclic amines) is 1. The monoisotopic (exact) mass is 483 g/mol. The van der Waals surface area contributed by atoms with E-state index in [1.54, 1.807) is 6.33 Å². The normalized spacial score (nSPS) is 18.2. The molecule has 2 aliphatic rings. The zero-order valence-electron chi connectivity index (χ0n) is 20.6. The zero-order chi connectivity index (χ0) is 24.2. The molecule has 2 aromatic carbocycles. The molecule has 0 saturated carbocycles. The van der Waals surface area contributed by atoms with Crippen molar-refractivity contribution in [3.63, 3.8) is 0 Å². The average Bonchev–Trinajstić information content (AvgIpc) is 3.70. The fraction of sp³-hybridized carbons (Fsp3) is 0.379. The highest BCUT2D eigenvalue weighted by Crippen LogP contribution is 2.40. The Morgan fingerprint density at radius 3 is 2.58 bits per heavy atom. The maximum absolute atomic E-state index is 6.04. The van der Waals surface area contributed by atoms with Gasteiger partial charge in [-0.1, -0.05) is 30.3 Å². The summed E-state index contributed by atoms with van der Waals surface area (Å²) in [6, 6.07) is 18.8. The molecule has 2 saturated heterocycles. The number of hydrogen-bond donors (Lipinski definition) is 2. The molecule has 2 fully saturated rings. The van der Waals surface area contributed by atoms with Crippen molar-refractivity contribution < 1.29 is 9.47 Å². The molecule has 0 spiro atoms. The van der Waals surface area contributed by atoms with Crippen molar-refractivity contribution in [1.29, 1.82) is 0 Å². The van der Waals surface area contributed by atoms with E-state index in [2.05, 4.69) is 73.7 Å². The topological polar surface area (TPSA) is 75.3 Å². The van der Waals surface area contributed by atoms with Gasteiger partial charge < -0.3 is 19.8 Å². The molecule has 0 bridgehead atoms. The Kier molecular flexibility index (Phi) is 6.83. The minimum Gasteiger partial charge on any atom is -0.492 e. The first-order valence-corrected chi connectivity index (χ1v) is 13.1. The number of hydrogen-bond acceptors (Lipinski definition) is 6. The van der Waals surface area contributed by atoms with Gasteiger partial charge in [-0.2, -0.15) is 0 Å². The van der Waals surface area contributed by atoms with Crippen LogP contribution in [0.5, 0.6) is 5.75 Å². The number of anilines is 1. The molecule has 0 radical (unpaired) electrons. The summed E-state index contributed by atoms with van der Waals surface area (Å²) in [5, 5.41) is 4.54. The lowest BCUT2D eigenvalue weighted by Gasteiger charge is -2.15. The van der Waals surface area contributed by atoms with E-state index in [9.17, 15) is 0 Å². The van der Waals surface area contributed by atoms with Gasteiger partial charge in [0.1, 0.15) is 30.1 Å². The number of aromatic nitrogens is 3. The molecule has 2 aromatic heterocycles. The minimum atomic E-state index is 0.228. The minimum absolute atomic E-state index is 0.228. The van der Waals surface area contributed by atoms with E-state index < -0.39 is 0 Å². The molecule has 7 nitrogen and oxygen atoms in total. The fourth-order valence-corrected chi connectivity index (χ4v) is 5.30. The molecule has 6 rings (SSSR count). The Balaban J connectivity index is 1.30. The van der Waals surface area contributed by atoms with Gasteiger partial charge in [0.2, 0.25) is 0 Å². The summed E-state index contributed by atoms with van der Waals surface area (Å²) in [4.78, 5) is 15.2. The van der Waals surface area contributed by atoms with E-state index in [4.69, 9.17) is 9.47 Å². The number of fused-ring (bicyclic) bond motifs is 1. The standard InChI is InChI=1S/C29H33N5O2/c1-2-7-21(8-3-1)25-26-28(30-19-24-9-6-17-35-24)31-20-32-29(26)33-27(25)22-10-12-23(13-11-22)36-18-16-34-14-4-5-15-34/h1-3,7-8,10-13,20,24H,4-6,9,14-19H2,(H2,30,31,32,33). The second-order valence-electron chi connectivity index (χ2n) is 9.62. The summed E-state index contributed by atoms with van der Waals surface area (Å²) in [7, 11) is 0. The number of nitrogens with zero attached hydrogens (tertiary/aromatic N) is 3. The van der Waals surface area contributed by atoms with Gasteiger partial charge in [-0.25, -0.2) is 9.97 Å². The third-order valence-electron chi connectivity index (χ3n) is 7.19. The Bertz CT molecular complexity index is 1280. The molecule has 7 heteroatoms. The van der Waals surface area contributed by atoms with Crippen LogP contribution in [0.3, 0.4) is 0 Å². The summed E-state index contributed by atoms with van der Waals surface area (Å²) in [6.45, 7) is 5.67. The third-order valence-corrected chi connectivity index (χ3v) is 7.19. The molecule has 0 aliphatic carbocycles. The van der Waals surface area contributed by atoms with E-state index in [-0.39, 0.29) is 6.10 Å². The van der Waals surface area contributed by atoms with Gasteiger partial charge in [0.05, 0.1) is 17.2 Å². The highest BCUT2D eigenvalue weighted by atomic mass is 16.5. The van der Waals surface area contributed by atoms with E-state index in [0.29, 0.717) is 0 Å². The number of nitrogens with one attached hydrogen (secondary N) is 2. The van der Waals surface area contributed by atoms with Crippen molar-refractivity contribution >= 4 is 16.9 Å². The average molecular weight is 484 g/mol. The molecule has 4 aromatic rings. The van der Waals surface area contributed by atoms with Crippen LogP contribution in [0.1, 0.15) is 25.7 Å². The number of benzene rings is 2. The molecule has 1 unspecified atom stereocenters. The lowest BCUT2D eigenvalue weighted by atomic mass is 9.99. The molecule has 2 aliphatic heterocycles. The second kappa shape index (κ2) is 10.7. The first kappa shape index (κ1) is 23.0. The summed E-state index contributed by atoms with van der Waals surface area (Å²) < 4.78 is 11.9. The van der Waals surface area contributed by atoms with Gasteiger partial charge in [-0.05, 0) is 74.2 Å². The first-order chi connectivity index (χ1) is 17.8. The molecule has 4 heterocycles. The molecule has 36 heavy (non-hydrogen) atoms. The van der Waals surface area contributed by atoms with Crippen LogP contribution in [0.4, 0.5) is 5.82 Å². The van der Waals surface area contributed by atoms with Gasteiger partial charge in [0.15, 0.2) is 0 Å². The maximum Gasteiger partial charge on any atom is 0.143 e. The number of H-pyrrole nitrogens is 1. The van der Waals surface area contributed by atoms with Gasteiger partial charge >= 0.3 is 0 Å². The third kappa shape index (κ3) is 4.94. The van der Waals surface area contributed by atoms with Crippen molar-refractivity contribution in [2.75, 3.05) is 44.7 Å². The molecule has 186 valence electrons. The molecular weight excluding hydrogens is 450 g/mol. The first-order valence-electron chi connectivity index (χ1n) is 13.1. The fourth-order valence-electron chi connectivity index (χ4n) is 5.30. The molecule has 2 N–H and O–H groups in total. The second-order valence-corrected chi connectivity index (χ2v) is 9.62. The van der Waals surface area contributed by atoms with Crippen molar-refractivity contribution in [2.45, 2.75) is 31.8 Å². The van der Waals surface area contributed by atoms with Gasteiger partial charge in [0.25, 0.3) is 0 Å². The lowest BCUT2D eigenvalue weighted by molar-refractivity contribution is 0.120. The van der Waals surface area contributed by atoms with Gasteiger partial charge in [-0.15, -0.1) is 0 Å². The zero-order valence-corrected chi connectivity index (χ0v) is 20.6. The van der Waals surface area contributed by atoms with Crippen LogP contribution in [0, 0.1) is 0 Å². The Labute approximate surface area is 211 Å². The van der Waals surface area contributed by atoms with Crippen molar-refractivity contribution in [2.24, 2.45) is 0 Å². The molecule has 1 atom stereocenters. The molecule has 0 amide bonds. The Morgan fingerprint density at radius 1 is 0.972 bits per heavy atom. The van der Waals surface area contributed by atoms with Crippen LogP contribution in [-0.2, 0) is 4.74 Å². The number of ether oxygens (including phenoxy) is 2. The predicted molar refractivity (Wildman–Crippen MR) is 143 cm³/mol. The van der Waals surface area contributed by atoms with Gasteiger partial charge in [0, 0.05) is 25.3 Å². The summed E-state index contributed by atoms with van der Waals surface area (Å²) >= 11 is 0. The summed E-state index contributed by atoms with van der Waals surface area (Å²) in [5.41, 5.74) is 5.16. The highest BCUT2D eigenvalue weighted by molar-refractivity contribution is 6.07. The van der Waals surface area contributed by atoms with Crippen LogP contribution < -0.4 is 10.1 Å². The van der Waals surface area contributed by atoms with E-state index in [1.807, 2.05) is 6.07 Å². The van der Waals surface area contributed by atoms with Crippen molar-refractivity contribution in [3.05, 3.63) is 60.9 Å². The van der Waals surface area contributed by atoms with Crippen LogP contribution in [0.2, 0.25) is 0 Å². The summed E-state index contributed by atoms with van der Waals surface area (Å²) in [6.07, 6.45) is 6.65. The number of aromatic amines is 1. The van der Waals surface area contributed by atoms with E-state index in [0.717, 1.165) is 84.1 Å². The van der Waals surface area contributed by atoms with Gasteiger partial charge in [-0.3, -0.25) is 4.90 Å². The summed E-state index contributed by atoms with van der Waals surface area (Å²) in [5.74, 6) is 1.73. The Hall–Kier alpha value is -3.42. The maximum atomic E-state index is 6.04. The lowest BCUT2D eigenvalue weighted by Crippen LogP contribution is -2.25. The number of rotatable bonds is 9. The molecular formula is C29H33N5O2. The van der Waals surface area contributed by atoms with E-state index in [1.165, 1.54) is 25.9 Å². The van der Waals surface area contributed by atoms with Crippen LogP contribution in [0.25, 0.3) is 33.4 Å². The predicted octanol–water partition coefficient (Wildman–Crippen LogP) is 5.36. The van der Waals surface area contributed by atoms with E-state index >= 15 is 0 Å². The van der Waals surface area contributed by atoms with Crippen LogP contribution >= 0.6 is 0 Å². The van der Waals surface area contributed by atoms with Crippen LogP contribution in [-0.4, -0.2) is 65.3 Å². The van der Waals surface area contributed by atoms with Crippen molar-refractivity contribution in [1.82, 2.24) is 19.9 Å². The largest absolute Gasteiger partial charge is 0.492 e. The SMILES string of the molecule is c1ccc(-c2c(-c3ccc(OCCN4CCCC4)cc3)[nH]c3ncnc(NCC4CCCO4)c23)cc1. The smallest absolute Gasteiger partial charge is 0.143 e. The quantitative estimate of drug-likeness (QED) is 0.334. The van der Waals surface area contributed by atoms with Crippen molar-refractivity contribution in [3.8, 4) is 28.1 Å².